The number of hydrogen-bond acceptors (Lipinski definition) is 5. The Balaban J connectivity index is 0.690. The highest BCUT2D eigenvalue weighted by molar-refractivity contribution is 6.20. The van der Waals surface area contributed by atoms with E-state index in [1.54, 1.807) is 0 Å². The SMILES string of the molecule is c1cc(-c2ccc3nc(-c4cccc(-n5c6ccccc6c6c(-c7ccc8oc9ccccc9c8c7)cccc65)c4)nc(-c4cccc(-n5c6ccccc6c6c(-c7ccc8oc9ccccc9c8c7)cccc65)c4)c3c2)cc(-n2c3ccccc3c3c(-c4ccc5oc6ccccc6c5c4)cccc32)c1. The average Bonchev–Trinajstić information content (AvgIpc) is 1.55. The summed E-state index contributed by atoms with van der Waals surface area (Å²) in [7, 11) is 0. The number of fused-ring (bicyclic) bond motifs is 19. The van der Waals surface area contributed by atoms with Crippen LogP contribution in [0.25, 0.3) is 226 Å². The predicted molar refractivity (Wildman–Crippen MR) is 437 cm³/mol. The third kappa shape index (κ3) is 8.76. The van der Waals surface area contributed by atoms with E-state index < -0.39 is 0 Å². The van der Waals surface area contributed by atoms with Gasteiger partial charge in [0, 0.05) is 98.2 Å². The first-order chi connectivity index (χ1) is 52.5. The van der Waals surface area contributed by atoms with Gasteiger partial charge in [-0.2, -0.15) is 0 Å². The van der Waals surface area contributed by atoms with Gasteiger partial charge in [0.15, 0.2) is 5.82 Å². The molecule has 0 saturated heterocycles. The van der Waals surface area contributed by atoms with Gasteiger partial charge in [-0.15, -0.1) is 0 Å². The lowest BCUT2D eigenvalue weighted by Gasteiger charge is -2.15. The molecule has 0 N–H and O–H groups in total. The van der Waals surface area contributed by atoms with Crippen molar-refractivity contribution in [2.45, 2.75) is 0 Å². The van der Waals surface area contributed by atoms with Crippen molar-refractivity contribution in [3.63, 3.8) is 0 Å². The molecule has 8 heteroatoms. The Morgan fingerprint density at radius 3 is 0.962 bits per heavy atom. The van der Waals surface area contributed by atoms with E-state index >= 15 is 0 Å². The van der Waals surface area contributed by atoms with Gasteiger partial charge in [0.2, 0.25) is 0 Å². The zero-order chi connectivity index (χ0) is 69.2. The van der Waals surface area contributed by atoms with Gasteiger partial charge in [-0.05, 0) is 184 Å². The highest BCUT2D eigenvalue weighted by Gasteiger charge is 2.24. The van der Waals surface area contributed by atoms with Crippen LogP contribution in [0.1, 0.15) is 0 Å². The zero-order valence-electron chi connectivity index (χ0n) is 56.9. The summed E-state index contributed by atoms with van der Waals surface area (Å²) in [6, 6.07) is 124. The molecule has 0 aliphatic carbocycles. The van der Waals surface area contributed by atoms with Crippen LogP contribution in [0.15, 0.2) is 359 Å². The van der Waals surface area contributed by atoms with Crippen LogP contribution in [0.2, 0.25) is 0 Å². The molecule has 7 heterocycles. The Morgan fingerprint density at radius 2 is 0.519 bits per heavy atom. The normalized spacial score (nSPS) is 12.2. The maximum atomic E-state index is 6.33. The highest BCUT2D eigenvalue weighted by Crippen LogP contribution is 2.47. The van der Waals surface area contributed by atoms with E-state index in [1.807, 2.05) is 36.4 Å². The van der Waals surface area contributed by atoms with Crippen LogP contribution in [-0.4, -0.2) is 23.7 Å². The molecule has 7 aromatic heterocycles. The van der Waals surface area contributed by atoms with Crippen LogP contribution >= 0.6 is 0 Å². The molecule has 16 aromatic carbocycles. The van der Waals surface area contributed by atoms with Gasteiger partial charge in [-0.3, -0.25) is 0 Å². The molecule has 0 aliphatic rings. The number of nitrogens with zero attached hydrogens (tertiary/aromatic N) is 5. The number of aromatic nitrogens is 5. The number of furan rings is 3. The summed E-state index contributed by atoms with van der Waals surface area (Å²) in [5, 5.41) is 14.7. The Labute approximate surface area is 605 Å². The largest absolute Gasteiger partial charge is 0.456 e. The van der Waals surface area contributed by atoms with Crippen molar-refractivity contribution in [3.05, 3.63) is 346 Å². The second-order valence-corrected chi connectivity index (χ2v) is 27.9. The summed E-state index contributed by atoms with van der Waals surface area (Å²) in [5.74, 6) is 0.624. The van der Waals surface area contributed by atoms with Crippen LogP contribution < -0.4 is 0 Å². The molecule has 23 aromatic rings. The molecule has 0 radical (unpaired) electrons. The van der Waals surface area contributed by atoms with Gasteiger partial charge >= 0.3 is 0 Å². The number of benzene rings is 16. The van der Waals surface area contributed by atoms with Crippen LogP contribution in [-0.2, 0) is 0 Å². The second-order valence-electron chi connectivity index (χ2n) is 27.9. The lowest BCUT2D eigenvalue weighted by atomic mass is 9.98. The molecule has 0 unspecified atom stereocenters. The minimum Gasteiger partial charge on any atom is -0.456 e. The Hall–Kier alpha value is -14.3. The lowest BCUT2D eigenvalue weighted by Crippen LogP contribution is -1.99. The second kappa shape index (κ2) is 22.6. The topological polar surface area (TPSA) is 80.0 Å². The van der Waals surface area contributed by atoms with Crippen LogP contribution in [0, 0.1) is 0 Å². The van der Waals surface area contributed by atoms with E-state index in [4.69, 9.17) is 23.2 Å². The monoisotopic (exact) mass is 1350 g/mol. The molecule has 492 valence electrons. The summed E-state index contributed by atoms with van der Waals surface area (Å²) in [6.45, 7) is 0. The Morgan fingerprint density at radius 1 is 0.198 bits per heavy atom. The van der Waals surface area contributed by atoms with Gasteiger partial charge in [0.25, 0.3) is 0 Å². The van der Waals surface area contributed by atoms with Crippen molar-refractivity contribution in [1.82, 2.24) is 23.7 Å². The molecule has 23 rings (SSSR count). The molecule has 0 bridgehead atoms. The molecule has 0 aliphatic heterocycles. The summed E-state index contributed by atoms with van der Waals surface area (Å²) in [4.78, 5) is 11.4. The van der Waals surface area contributed by atoms with Crippen molar-refractivity contribution in [3.8, 4) is 84.2 Å². The first kappa shape index (κ1) is 58.3. The van der Waals surface area contributed by atoms with E-state index in [2.05, 4.69) is 323 Å². The van der Waals surface area contributed by atoms with Crippen LogP contribution in [0.4, 0.5) is 0 Å². The highest BCUT2D eigenvalue weighted by atomic mass is 16.3. The van der Waals surface area contributed by atoms with Gasteiger partial charge in [-0.25, -0.2) is 9.97 Å². The smallest absolute Gasteiger partial charge is 0.160 e. The summed E-state index contributed by atoms with van der Waals surface area (Å²) in [6.07, 6.45) is 0. The summed E-state index contributed by atoms with van der Waals surface area (Å²) >= 11 is 0. The third-order valence-corrected chi connectivity index (χ3v) is 22.0. The minimum atomic E-state index is 0.624. The van der Waals surface area contributed by atoms with Crippen LogP contribution in [0.5, 0.6) is 0 Å². The average molecular weight is 1350 g/mol. The third-order valence-electron chi connectivity index (χ3n) is 22.0. The molecule has 106 heavy (non-hydrogen) atoms. The lowest BCUT2D eigenvalue weighted by molar-refractivity contribution is 0.668. The van der Waals surface area contributed by atoms with Crippen molar-refractivity contribution in [2.75, 3.05) is 0 Å². The number of para-hydroxylation sites is 6. The van der Waals surface area contributed by atoms with E-state index in [0.717, 1.165) is 183 Å². The Kier molecular flexibility index (Phi) is 12.4. The molecule has 0 amide bonds. The maximum absolute atomic E-state index is 6.33. The molecule has 0 spiro atoms. The van der Waals surface area contributed by atoms with Crippen molar-refractivity contribution in [1.29, 1.82) is 0 Å². The fourth-order valence-corrected chi connectivity index (χ4v) is 17.4. The molecule has 0 atom stereocenters. The van der Waals surface area contributed by atoms with Crippen LogP contribution in [0.3, 0.4) is 0 Å². The predicted octanol–water partition coefficient (Wildman–Crippen LogP) is 26.6. The quantitative estimate of drug-likeness (QED) is 0.144. The van der Waals surface area contributed by atoms with Gasteiger partial charge in [0.05, 0.1) is 44.3 Å². The molecule has 8 nitrogen and oxygen atoms in total. The zero-order valence-corrected chi connectivity index (χ0v) is 56.9. The fourth-order valence-electron chi connectivity index (χ4n) is 17.4. The van der Waals surface area contributed by atoms with Gasteiger partial charge in [-0.1, -0.05) is 206 Å². The summed E-state index contributed by atoms with van der Waals surface area (Å²) < 4.78 is 26.2. The number of hydrogen-bond donors (Lipinski definition) is 0. The van der Waals surface area contributed by atoms with Crippen molar-refractivity contribution >= 4 is 142 Å². The minimum absolute atomic E-state index is 0.624. The molecular weight excluding hydrogens is 1300 g/mol. The first-order valence-electron chi connectivity index (χ1n) is 36.0. The first-order valence-corrected chi connectivity index (χ1v) is 36.0. The van der Waals surface area contributed by atoms with E-state index in [-0.39, 0.29) is 0 Å². The van der Waals surface area contributed by atoms with Crippen molar-refractivity contribution < 1.29 is 13.3 Å². The fraction of sp³-hybridized carbons (Fsp3) is 0. The van der Waals surface area contributed by atoms with Crippen molar-refractivity contribution in [2.24, 2.45) is 0 Å². The van der Waals surface area contributed by atoms with Gasteiger partial charge < -0.3 is 27.0 Å². The Bertz CT molecular complexity index is 7680. The molecule has 0 fully saturated rings. The number of rotatable bonds is 9. The standard InChI is InChI=1S/C98H57N5O3/c1-7-34-82-74(28-1)94-68(60-44-48-91-77(55-60)71-25-4-10-40-88(71)104-91)31-16-37-85(94)101(82)65-22-13-19-58(51-65)59-43-47-81-80(54-59)97(63-20-14-23-66(52-63)102-83-35-8-2-29-75(83)95-69(32-17-38-86(95)102)61-45-49-92-78(56-61)72-26-5-11-41-89(72)105-92)100-98(99-81)64-21-15-24-67(53-64)103-84-36-9-3-30-76(84)96-70(33-18-39-87(96)103)62-46-50-93-79(57-62)73-27-6-12-42-90(73)106-93/h1-57H. The van der Waals surface area contributed by atoms with E-state index in [1.165, 1.54) is 37.9 Å². The maximum Gasteiger partial charge on any atom is 0.160 e. The van der Waals surface area contributed by atoms with E-state index in [9.17, 15) is 0 Å². The summed E-state index contributed by atoms with van der Waals surface area (Å²) in [5.41, 5.74) is 27.6. The molecular formula is C98H57N5O3. The van der Waals surface area contributed by atoms with E-state index in [0.29, 0.717) is 5.82 Å². The van der Waals surface area contributed by atoms with Gasteiger partial charge in [0.1, 0.15) is 33.5 Å². The molecule has 0 saturated carbocycles.